The molecule has 7 heteroatoms. The van der Waals surface area contributed by atoms with Crippen molar-refractivity contribution in [3.8, 4) is 0 Å². The van der Waals surface area contributed by atoms with Crippen LogP contribution in [0.15, 0.2) is 47.4 Å². The van der Waals surface area contributed by atoms with E-state index < -0.39 is 5.91 Å². The van der Waals surface area contributed by atoms with Gasteiger partial charge in [0.1, 0.15) is 5.52 Å². The molecule has 0 atom stereocenters. The standard InChI is InChI=1S/C21H21ClN4O2/c22-15-10-8-14(9-11-15)13-24-20(27)18-21(28)26(16-5-2-1-3-6-16)19-17(25-18)7-4-12-23-19/h4,7-12,16H,1-3,5-6,13H2,(H,24,27). The minimum absolute atomic E-state index is 0.0597. The first-order chi connectivity index (χ1) is 13.6. The molecule has 0 spiro atoms. The van der Waals surface area contributed by atoms with Gasteiger partial charge in [0, 0.05) is 23.8 Å². The lowest BCUT2D eigenvalue weighted by Crippen LogP contribution is -2.36. The van der Waals surface area contributed by atoms with Crippen LogP contribution in [0.3, 0.4) is 0 Å². The molecule has 1 N–H and O–H groups in total. The molecule has 0 bridgehead atoms. The fraction of sp³-hybridized carbons (Fsp3) is 0.333. The van der Waals surface area contributed by atoms with Gasteiger partial charge in [0.05, 0.1) is 0 Å². The highest BCUT2D eigenvalue weighted by molar-refractivity contribution is 6.30. The van der Waals surface area contributed by atoms with E-state index in [9.17, 15) is 9.59 Å². The molecular formula is C21H21ClN4O2. The predicted octanol–water partition coefficient (Wildman–Crippen LogP) is 3.88. The Bertz CT molecular complexity index is 1060. The van der Waals surface area contributed by atoms with Gasteiger partial charge in [0.25, 0.3) is 11.5 Å². The molecule has 0 saturated heterocycles. The fourth-order valence-electron chi connectivity index (χ4n) is 3.73. The molecule has 3 aromatic rings. The summed E-state index contributed by atoms with van der Waals surface area (Å²) in [6.45, 7) is 0.297. The summed E-state index contributed by atoms with van der Waals surface area (Å²) >= 11 is 5.89. The van der Waals surface area contributed by atoms with Crippen molar-refractivity contribution < 1.29 is 4.79 Å². The maximum atomic E-state index is 13.2. The van der Waals surface area contributed by atoms with Crippen LogP contribution < -0.4 is 10.9 Å². The number of benzene rings is 1. The SMILES string of the molecule is O=C(NCc1ccc(Cl)cc1)c1nc2cccnc2n(C2CCCCC2)c1=O. The van der Waals surface area contributed by atoms with E-state index in [0.717, 1.165) is 31.2 Å². The first-order valence-corrected chi connectivity index (χ1v) is 9.91. The normalized spacial score (nSPS) is 14.9. The van der Waals surface area contributed by atoms with E-state index in [1.165, 1.54) is 6.42 Å². The second-order valence-corrected chi connectivity index (χ2v) is 7.52. The van der Waals surface area contributed by atoms with Crippen molar-refractivity contribution in [1.82, 2.24) is 19.9 Å². The molecule has 1 fully saturated rings. The van der Waals surface area contributed by atoms with E-state index in [-0.39, 0.29) is 17.3 Å². The average Bonchev–Trinajstić information content (AvgIpc) is 2.73. The third-order valence-corrected chi connectivity index (χ3v) is 5.42. The Balaban J connectivity index is 1.68. The summed E-state index contributed by atoms with van der Waals surface area (Å²) in [6.07, 6.45) is 6.82. The van der Waals surface area contributed by atoms with E-state index in [1.807, 2.05) is 12.1 Å². The maximum Gasteiger partial charge on any atom is 0.284 e. The highest BCUT2D eigenvalue weighted by Gasteiger charge is 2.24. The van der Waals surface area contributed by atoms with Gasteiger partial charge >= 0.3 is 0 Å². The monoisotopic (exact) mass is 396 g/mol. The lowest BCUT2D eigenvalue weighted by Gasteiger charge is -2.25. The minimum atomic E-state index is -0.477. The largest absolute Gasteiger partial charge is 0.346 e. The van der Waals surface area contributed by atoms with Crippen LogP contribution in [0, 0.1) is 0 Å². The van der Waals surface area contributed by atoms with E-state index in [1.54, 1.807) is 35.0 Å². The molecule has 1 aliphatic carbocycles. The molecule has 0 radical (unpaired) electrons. The Morgan fingerprint density at radius 2 is 1.89 bits per heavy atom. The number of fused-ring (bicyclic) bond motifs is 1. The third kappa shape index (κ3) is 3.78. The van der Waals surface area contributed by atoms with E-state index in [4.69, 9.17) is 11.6 Å². The predicted molar refractivity (Wildman–Crippen MR) is 109 cm³/mol. The highest BCUT2D eigenvalue weighted by Crippen LogP contribution is 2.28. The van der Waals surface area contributed by atoms with Crippen LogP contribution in [0.4, 0.5) is 0 Å². The van der Waals surface area contributed by atoms with Crippen molar-refractivity contribution in [3.05, 3.63) is 69.2 Å². The quantitative estimate of drug-likeness (QED) is 0.726. The van der Waals surface area contributed by atoms with E-state index >= 15 is 0 Å². The van der Waals surface area contributed by atoms with E-state index in [0.29, 0.717) is 22.7 Å². The van der Waals surface area contributed by atoms with Crippen LogP contribution in [-0.2, 0) is 6.54 Å². The van der Waals surface area contributed by atoms with Gasteiger partial charge in [-0.2, -0.15) is 0 Å². The zero-order chi connectivity index (χ0) is 19.5. The summed E-state index contributed by atoms with van der Waals surface area (Å²) < 4.78 is 1.68. The number of aromatic nitrogens is 3. The first-order valence-electron chi connectivity index (χ1n) is 9.53. The van der Waals surface area contributed by atoms with Crippen LogP contribution >= 0.6 is 11.6 Å². The Morgan fingerprint density at radius 1 is 1.14 bits per heavy atom. The van der Waals surface area contributed by atoms with Crippen molar-refractivity contribution in [1.29, 1.82) is 0 Å². The number of carbonyl (C=O) groups excluding carboxylic acids is 1. The van der Waals surface area contributed by atoms with Gasteiger partial charge in [-0.1, -0.05) is 43.0 Å². The van der Waals surface area contributed by atoms with Gasteiger partial charge in [0.2, 0.25) is 0 Å². The number of hydrogen-bond donors (Lipinski definition) is 1. The summed E-state index contributed by atoms with van der Waals surface area (Å²) in [6, 6.07) is 10.8. The number of nitrogens with zero attached hydrogens (tertiary/aromatic N) is 3. The van der Waals surface area contributed by atoms with Gasteiger partial charge in [-0.05, 0) is 42.7 Å². The van der Waals surface area contributed by atoms with Crippen LogP contribution in [-0.4, -0.2) is 20.4 Å². The number of carbonyl (C=O) groups is 1. The summed E-state index contributed by atoms with van der Waals surface area (Å²) in [5, 5.41) is 3.43. The summed E-state index contributed by atoms with van der Waals surface area (Å²) in [5.41, 5.74) is 1.55. The van der Waals surface area contributed by atoms with Crippen LogP contribution in [0.1, 0.15) is 54.2 Å². The lowest BCUT2D eigenvalue weighted by molar-refractivity contribution is 0.0943. The molecular weight excluding hydrogens is 376 g/mol. The molecule has 144 valence electrons. The Labute approximate surface area is 167 Å². The Morgan fingerprint density at radius 3 is 2.64 bits per heavy atom. The summed E-state index contributed by atoms with van der Waals surface area (Å²) in [7, 11) is 0. The van der Waals surface area contributed by atoms with E-state index in [2.05, 4.69) is 15.3 Å². The highest BCUT2D eigenvalue weighted by atomic mass is 35.5. The van der Waals surface area contributed by atoms with Crippen molar-refractivity contribution in [2.45, 2.75) is 44.7 Å². The Kier molecular flexibility index (Phi) is 5.39. The lowest BCUT2D eigenvalue weighted by atomic mass is 9.95. The van der Waals surface area contributed by atoms with Crippen molar-refractivity contribution in [2.75, 3.05) is 0 Å². The summed E-state index contributed by atoms with van der Waals surface area (Å²) in [4.78, 5) is 34.6. The average molecular weight is 397 g/mol. The van der Waals surface area contributed by atoms with Crippen molar-refractivity contribution in [2.24, 2.45) is 0 Å². The molecule has 1 aliphatic rings. The maximum absolute atomic E-state index is 13.2. The summed E-state index contributed by atoms with van der Waals surface area (Å²) in [5.74, 6) is -0.477. The van der Waals surface area contributed by atoms with Crippen LogP contribution in [0.25, 0.3) is 11.2 Å². The molecule has 2 heterocycles. The number of amides is 1. The number of nitrogens with one attached hydrogen (secondary N) is 1. The van der Waals surface area contributed by atoms with Gasteiger partial charge in [-0.15, -0.1) is 0 Å². The molecule has 2 aromatic heterocycles. The topological polar surface area (TPSA) is 76.9 Å². The number of hydrogen-bond acceptors (Lipinski definition) is 4. The van der Waals surface area contributed by atoms with Gasteiger partial charge in [-0.25, -0.2) is 9.97 Å². The van der Waals surface area contributed by atoms with Gasteiger partial charge in [-0.3, -0.25) is 14.2 Å². The number of halogens is 1. The Hall–Kier alpha value is -2.73. The second kappa shape index (κ2) is 8.10. The molecule has 0 unspecified atom stereocenters. The third-order valence-electron chi connectivity index (χ3n) is 5.17. The zero-order valence-electron chi connectivity index (χ0n) is 15.4. The van der Waals surface area contributed by atoms with Crippen molar-refractivity contribution in [3.63, 3.8) is 0 Å². The van der Waals surface area contributed by atoms with Gasteiger partial charge in [0.15, 0.2) is 11.3 Å². The molecule has 1 amide bonds. The van der Waals surface area contributed by atoms with Crippen LogP contribution in [0.5, 0.6) is 0 Å². The van der Waals surface area contributed by atoms with Crippen LogP contribution in [0.2, 0.25) is 5.02 Å². The minimum Gasteiger partial charge on any atom is -0.346 e. The second-order valence-electron chi connectivity index (χ2n) is 7.08. The molecule has 28 heavy (non-hydrogen) atoms. The number of rotatable bonds is 4. The molecule has 1 saturated carbocycles. The molecule has 6 nitrogen and oxygen atoms in total. The first kappa shape index (κ1) is 18.6. The smallest absolute Gasteiger partial charge is 0.284 e. The number of pyridine rings is 1. The zero-order valence-corrected chi connectivity index (χ0v) is 16.2. The fourth-order valence-corrected chi connectivity index (χ4v) is 3.86. The van der Waals surface area contributed by atoms with Gasteiger partial charge < -0.3 is 5.32 Å². The molecule has 4 rings (SSSR count). The van der Waals surface area contributed by atoms with Crippen molar-refractivity contribution >= 4 is 28.7 Å². The molecule has 0 aliphatic heterocycles. The molecule has 1 aromatic carbocycles.